The second-order valence-electron chi connectivity index (χ2n) is 2.04. The largest absolute Gasteiger partial charge is 1.00 e. The van der Waals surface area contributed by atoms with E-state index in [1.165, 1.54) is 11.4 Å². The topological polar surface area (TPSA) is 41.5 Å². The summed E-state index contributed by atoms with van der Waals surface area (Å²) in [5, 5.41) is 0. The Morgan fingerprint density at radius 3 is 2.62 bits per heavy atom. The molecule has 0 heterocycles. The summed E-state index contributed by atoms with van der Waals surface area (Å²) in [4.78, 5) is 11.3. The number of ether oxygens (including phenoxy) is 1. The Hall–Kier alpha value is 2.52. The number of hydrogen-bond donors (Lipinski definition) is 0. The monoisotopic (exact) mass is 268 g/mol. The van der Waals surface area contributed by atoms with Crippen LogP contribution in [-0.4, -0.2) is 26.1 Å². The number of methoxy groups -OCH3 is 1. The summed E-state index contributed by atoms with van der Waals surface area (Å²) < 4.78 is 9.74. The molecule has 13 heavy (non-hydrogen) atoms. The fourth-order valence-corrected chi connectivity index (χ4v) is 4.02. The SMILES string of the molecule is CCOP([O-])(=S)SCCCOC.[K+]. The molecule has 0 aromatic carbocycles. The van der Waals surface area contributed by atoms with Gasteiger partial charge in [0.15, 0.2) is 0 Å². The molecule has 0 rings (SSSR count). The molecule has 0 amide bonds. The summed E-state index contributed by atoms with van der Waals surface area (Å²) in [7, 11) is 1.64. The number of rotatable bonds is 7. The maximum atomic E-state index is 11.3. The Morgan fingerprint density at radius 1 is 1.54 bits per heavy atom. The molecule has 0 aliphatic carbocycles. The summed E-state index contributed by atoms with van der Waals surface area (Å²) in [6, 6.07) is 0. The molecule has 0 N–H and O–H groups in total. The second-order valence-corrected chi connectivity index (χ2v) is 8.22. The van der Waals surface area contributed by atoms with E-state index >= 15 is 0 Å². The van der Waals surface area contributed by atoms with Crippen LogP contribution in [0.3, 0.4) is 0 Å². The molecular weight excluding hydrogens is 254 g/mol. The van der Waals surface area contributed by atoms with E-state index in [1.807, 2.05) is 0 Å². The molecule has 0 saturated heterocycles. The normalized spacial score (nSPS) is 14.7. The van der Waals surface area contributed by atoms with Crippen molar-refractivity contribution in [3.8, 4) is 0 Å². The predicted octanol–water partition coefficient (Wildman–Crippen LogP) is -1.62. The fourth-order valence-electron chi connectivity index (χ4n) is 0.575. The Labute approximate surface area is 132 Å². The van der Waals surface area contributed by atoms with Gasteiger partial charge in [-0.15, -0.1) is 11.4 Å². The average molecular weight is 268 g/mol. The molecule has 1 atom stereocenters. The van der Waals surface area contributed by atoms with E-state index < -0.39 is 5.69 Å². The van der Waals surface area contributed by atoms with Gasteiger partial charge in [0, 0.05) is 31.8 Å². The summed E-state index contributed by atoms with van der Waals surface area (Å²) in [5.41, 5.74) is -2.79. The van der Waals surface area contributed by atoms with Crippen LogP contribution in [0.1, 0.15) is 13.3 Å². The first-order valence-corrected chi connectivity index (χ1v) is 7.94. The number of hydrogen-bond acceptors (Lipinski definition) is 5. The van der Waals surface area contributed by atoms with E-state index in [-0.39, 0.29) is 51.4 Å². The van der Waals surface area contributed by atoms with Gasteiger partial charge in [0.1, 0.15) is 0 Å². The van der Waals surface area contributed by atoms with Crippen molar-refractivity contribution >= 4 is 28.9 Å². The molecule has 0 aliphatic rings. The standard InChI is InChI=1S/C6H15O3PS2.K/c1-3-9-10(7,11)12-6-4-5-8-2;/h3-6H2,1-2H3,(H,7,11);/q;+1/p-1. The Bertz CT molecular complexity index is 159. The van der Waals surface area contributed by atoms with Crippen LogP contribution >= 0.6 is 17.1 Å². The van der Waals surface area contributed by atoms with Crippen LogP contribution < -0.4 is 56.3 Å². The van der Waals surface area contributed by atoms with Crippen LogP contribution in [0.5, 0.6) is 0 Å². The molecule has 0 saturated carbocycles. The van der Waals surface area contributed by atoms with E-state index in [1.54, 1.807) is 14.0 Å². The Kier molecular flexibility index (Phi) is 15.2. The minimum Gasteiger partial charge on any atom is -0.793 e. The van der Waals surface area contributed by atoms with Crippen molar-refractivity contribution in [3.63, 3.8) is 0 Å². The molecule has 0 radical (unpaired) electrons. The van der Waals surface area contributed by atoms with Crippen molar-refractivity contribution in [1.82, 2.24) is 0 Å². The zero-order chi connectivity index (χ0) is 9.45. The maximum absolute atomic E-state index is 11.3. The first kappa shape index (κ1) is 17.9. The molecular formula is C6H14KO3PS2. The van der Waals surface area contributed by atoms with E-state index in [2.05, 4.69) is 0 Å². The molecule has 0 fully saturated rings. The molecule has 74 valence electrons. The summed E-state index contributed by atoms with van der Waals surface area (Å²) in [6.45, 7) is 2.88. The fraction of sp³-hybridized carbons (Fsp3) is 1.00. The summed E-state index contributed by atoms with van der Waals surface area (Å²) in [5.74, 6) is 0.731. The van der Waals surface area contributed by atoms with Gasteiger partial charge < -0.3 is 14.2 Å². The van der Waals surface area contributed by atoms with Crippen LogP contribution in [0.25, 0.3) is 0 Å². The third kappa shape index (κ3) is 12.4. The van der Waals surface area contributed by atoms with E-state index in [0.29, 0.717) is 13.2 Å². The van der Waals surface area contributed by atoms with E-state index in [9.17, 15) is 4.89 Å². The van der Waals surface area contributed by atoms with Crippen LogP contribution in [0.2, 0.25) is 0 Å². The quantitative estimate of drug-likeness (QED) is 0.315. The average Bonchev–Trinajstić information content (AvgIpc) is 1.98. The zero-order valence-corrected chi connectivity index (χ0v) is 14.0. The molecule has 0 spiro atoms. The van der Waals surface area contributed by atoms with Gasteiger partial charge in [0.25, 0.3) is 0 Å². The molecule has 3 nitrogen and oxygen atoms in total. The van der Waals surface area contributed by atoms with Crippen LogP contribution in [0.4, 0.5) is 0 Å². The third-order valence-electron chi connectivity index (χ3n) is 1.03. The predicted molar refractivity (Wildman–Crippen MR) is 54.9 cm³/mol. The van der Waals surface area contributed by atoms with Crippen molar-refractivity contribution in [2.45, 2.75) is 13.3 Å². The van der Waals surface area contributed by atoms with E-state index in [0.717, 1.165) is 12.2 Å². The molecule has 0 aromatic heterocycles. The van der Waals surface area contributed by atoms with Gasteiger partial charge in [-0.05, 0) is 13.3 Å². The maximum Gasteiger partial charge on any atom is 1.00 e. The van der Waals surface area contributed by atoms with Gasteiger partial charge in [0.2, 0.25) is 0 Å². The molecule has 0 aromatic rings. The first-order chi connectivity index (χ1) is 5.62. The smallest absolute Gasteiger partial charge is 0.793 e. The third-order valence-corrected chi connectivity index (χ3v) is 5.47. The van der Waals surface area contributed by atoms with Gasteiger partial charge in [-0.1, -0.05) is 11.8 Å². The van der Waals surface area contributed by atoms with E-state index in [4.69, 9.17) is 21.1 Å². The summed E-state index contributed by atoms with van der Waals surface area (Å²) in [6.07, 6.45) is 0.856. The van der Waals surface area contributed by atoms with Crippen molar-refractivity contribution < 1.29 is 65.5 Å². The minimum absolute atomic E-state index is 0. The van der Waals surface area contributed by atoms with Crippen molar-refractivity contribution in [1.29, 1.82) is 0 Å². The summed E-state index contributed by atoms with van der Waals surface area (Å²) >= 11 is 5.96. The van der Waals surface area contributed by atoms with Crippen molar-refractivity contribution in [2.24, 2.45) is 0 Å². The van der Waals surface area contributed by atoms with Crippen LogP contribution in [0, 0.1) is 0 Å². The molecule has 7 heteroatoms. The Balaban J connectivity index is 0. The first-order valence-electron chi connectivity index (χ1n) is 3.71. The van der Waals surface area contributed by atoms with Gasteiger partial charge in [-0.2, -0.15) is 0 Å². The van der Waals surface area contributed by atoms with Crippen molar-refractivity contribution in [3.05, 3.63) is 0 Å². The second kappa shape index (κ2) is 11.0. The molecule has 0 aliphatic heterocycles. The van der Waals surface area contributed by atoms with Gasteiger partial charge in [-0.3, -0.25) is 0 Å². The van der Waals surface area contributed by atoms with Crippen LogP contribution in [-0.2, 0) is 21.1 Å². The van der Waals surface area contributed by atoms with Gasteiger partial charge in [0.05, 0.1) is 0 Å². The molecule has 1 unspecified atom stereocenters. The zero-order valence-electron chi connectivity index (χ0n) is 8.32. The molecule has 0 bridgehead atoms. The van der Waals surface area contributed by atoms with Gasteiger partial charge >= 0.3 is 51.4 Å². The minimum atomic E-state index is -2.79. The van der Waals surface area contributed by atoms with Gasteiger partial charge in [-0.25, -0.2) is 0 Å². The van der Waals surface area contributed by atoms with Crippen molar-refractivity contribution in [2.75, 3.05) is 26.1 Å². The van der Waals surface area contributed by atoms with Crippen LogP contribution in [0.15, 0.2) is 0 Å². The Morgan fingerprint density at radius 2 is 2.15 bits per heavy atom.